The van der Waals surface area contributed by atoms with Gasteiger partial charge in [-0.1, -0.05) is 24.8 Å². The van der Waals surface area contributed by atoms with Crippen LogP contribution in [0.25, 0.3) is 0 Å². The van der Waals surface area contributed by atoms with Crippen LogP contribution in [0.4, 0.5) is 10.5 Å². The SMILES string of the molecule is C=CCOC(=O)Nc1cc(C(C)O)ccc1CC(=O)[O-]. The van der Waals surface area contributed by atoms with Gasteiger partial charge >= 0.3 is 6.09 Å². The Kier molecular flexibility index (Phi) is 5.74. The molecule has 20 heavy (non-hydrogen) atoms. The van der Waals surface area contributed by atoms with E-state index in [-0.39, 0.29) is 18.7 Å². The molecule has 6 heteroatoms. The molecule has 0 bridgehead atoms. The molecule has 0 aliphatic heterocycles. The summed E-state index contributed by atoms with van der Waals surface area (Å²) in [5.74, 6) is -1.27. The third kappa shape index (κ3) is 4.74. The van der Waals surface area contributed by atoms with Crippen molar-refractivity contribution in [1.29, 1.82) is 0 Å². The number of rotatable bonds is 6. The number of carboxylic acid groups (broad SMARTS) is 1. The molecule has 2 N–H and O–H groups in total. The van der Waals surface area contributed by atoms with E-state index in [0.717, 1.165) is 0 Å². The number of carbonyl (C=O) groups excluding carboxylic acids is 2. The first kappa shape index (κ1) is 15.7. The Morgan fingerprint density at radius 1 is 1.55 bits per heavy atom. The van der Waals surface area contributed by atoms with Gasteiger partial charge in [-0.05, 0) is 24.1 Å². The lowest BCUT2D eigenvalue weighted by Crippen LogP contribution is -2.25. The molecule has 1 aromatic rings. The molecule has 0 heterocycles. The first-order valence-electron chi connectivity index (χ1n) is 5.99. The lowest BCUT2D eigenvalue weighted by atomic mass is 10.0. The Labute approximate surface area is 116 Å². The third-order valence-corrected chi connectivity index (χ3v) is 2.52. The van der Waals surface area contributed by atoms with Crippen molar-refractivity contribution in [2.24, 2.45) is 0 Å². The van der Waals surface area contributed by atoms with Crippen LogP contribution >= 0.6 is 0 Å². The zero-order chi connectivity index (χ0) is 15.1. The molecule has 1 aromatic carbocycles. The standard InChI is InChI=1S/C14H17NO5/c1-3-6-20-14(19)15-12-7-10(9(2)16)4-5-11(12)8-13(17)18/h3-5,7,9,16H,1,6,8H2,2H3,(H,15,19)(H,17,18)/p-1. The molecule has 0 fully saturated rings. The minimum Gasteiger partial charge on any atom is -0.550 e. The lowest BCUT2D eigenvalue weighted by Gasteiger charge is -2.14. The Morgan fingerprint density at radius 2 is 2.25 bits per heavy atom. The molecule has 0 saturated carbocycles. The minimum absolute atomic E-state index is 0.0394. The van der Waals surface area contributed by atoms with E-state index in [1.54, 1.807) is 13.0 Å². The van der Waals surface area contributed by atoms with Crippen LogP contribution in [0.5, 0.6) is 0 Å². The molecule has 1 rings (SSSR count). The number of hydrogen-bond donors (Lipinski definition) is 2. The number of benzene rings is 1. The van der Waals surface area contributed by atoms with E-state index in [4.69, 9.17) is 4.74 Å². The summed E-state index contributed by atoms with van der Waals surface area (Å²) in [5.41, 5.74) is 1.18. The molecule has 1 amide bonds. The van der Waals surface area contributed by atoms with Gasteiger partial charge in [0, 0.05) is 18.1 Å². The number of carboxylic acids is 1. The predicted molar refractivity (Wildman–Crippen MR) is 71.0 cm³/mol. The van der Waals surface area contributed by atoms with Gasteiger partial charge in [-0.25, -0.2) is 4.79 Å². The predicted octanol–water partition coefficient (Wildman–Crippen LogP) is 0.767. The van der Waals surface area contributed by atoms with Crippen molar-refractivity contribution in [3.63, 3.8) is 0 Å². The van der Waals surface area contributed by atoms with E-state index in [1.165, 1.54) is 18.2 Å². The highest BCUT2D eigenvalue weighted by Crippen LogP contribution is 2.22. The van der Waals surface area contributed by atoms with Gasteiger partial charge in [0.2, 0.25) is 0 Å². The first-order valence-corrected chi connectivity index (χ1v) is 5.99. The second-order valence-corrected chi connectivity index (χ2v) is 4.15. The number of aliphatic hydroxyl groups is 1. The average Bonchev–Trinajstić information content (AvgIpc) is 2.37. The lowest BCUT2D eigenvalue weighted by molar-refractivity contribution is -0.304. The van der Waals surface area contributed by atoms with E-state index in [2.05, 4.69) is 11.9 Å². The molecular weight excluding hydrogens is 262 g/mol. The summed E-state index contributed by atoms with van der Waals surface area (Å²) >= 11 is 0. The normalized spacial score (nSPS) is 11.5. The first-order chi connectivity index (χ1) is 9.43. The maximum Gasteiger partial charge on any atom is 0.411 e. The Morgan fingerprint density at radius 3 is 2.80 bits per heavy atom. The maximum atomic E-state index is 11.5. The molecule has 1 atom stereocenters. The van der Waals surface area contributed by atoms with Crippen LogP contribution in [0.3, 0.4) is 0 Å². The molecule has 0 spiro atoms. The van der Waals surface area contributed by atoms with E-state index in [1.807, 2.05) is 0 Å². The van der Waals surface area contributed by atoms with Gasteiger partial charge in [0.15, 0.2) is 0 Å². The minimum atomic E-state index is -1.27. The third-order valence-electron chi connectivity index (χ3n) is 2.52. The summed E-state index contributed by atoms with van der Waals surface area (Å²) in [7, 11) is 0. The number of ether oxygens (including phenoxy) is 1. The Balaban J connectivity index is 2.98. The number of carbonyl (C=O) groups is 2. The van der Waals surface area contributed by atoms with Gasteiger partial charge < -0.3 is 19.7 Å². The summed E-state index contributed by atoms with van der Waals surface area (Å²) in [6.45, 7) is 5.01. The van der Waals surface area contributed by atoms with Gasteiger partial charge in [0.25, 0.3) is 0 Å². The van der Waals surface area contributed by atoms with E-state index in [9.17, 15) is 19.8 Å². The number of hydrogen-bond acceptors (Lipinski definition) is 5. The van der Waals surface area contributed by atoms with Crippen LogP contribution in [0.1, 0.15) is 24.2 Å². The van der Waals surface area contributed by atoms with Crippen molar-refractivity contribution >= 4 is 17.7 Å². The van der Waals surface area contributed by atoms with Gasteiger partial charge in [0.1, 0.15) is 6.61 Å². The summed E-state index contributed by atoms with van der Waals surface area (Å²) in [5, 5.41) is 22.6. The van der Waals surface area contributed by atoms with Crippen molar-refractivity contribution in [3.05, 3.63) is 42.0 Å². The van der Waals surface area contributed by atoms with E-state index < -0.39 is 18.2 Å². The largest absolute Gasteiger partial charge is 0.550 e. The fraction of sp³-hybridized carbons (Fsp3) is 0.286. The van der Waals surface area contributed by atoms with Crippen LogP contribution in [-0.2, 0) is 16.0 Å². The fourth-order valence-corrected chi connectivity index (χ4v) is 1.56. The summed E-state index contributed by atoms with van der Waals surface area (Å²) in [6.07, 6.45) is -0.408. The van der Waals surface area contributed by atoms with Crippen molar-refractivity contribution in [1.82, 2.24) is 0 Å². The van der Waals surface area contributed by atoms with E-state index in [0.29, 0.717) is 11.1 Å². The van der Waals surface area contributed by atoms with Gasteiger partial charge in [-0.3, -0.25) is 5.32 Å². The highest BCUT2D eigenvalue weighted by Gasteiger charge is 2.11. The molecule has 1 unspecified atom stereocenters. The molecule has 0 aliphatic rings. The second kappa shape index (κ2) is 7.30. The van der Waals surface area contributed by atoms with Crippen molar-refractivity contribution < 1.29 is 24.5 Å². The Hall–Kier alpha value is -2.34. The topological polar surface area (TPSA) is 98.7 Å². The molecule has 0 aliphatic carbocycles. The smallest absolute Gasteiger partial charge is 0.411 e. The number of aliphatic hydroxyl groups excluding tert-OH is 1. The molecule has 108 valence electrons. The summed E-state index contributed by atoms with van der Waals surface area (Å²) in [4.78, 5) is 22.2. The van der Waals surface area contributed by atoms with Crippen molar-refractivity contribution in [2.45, 2.75) is 19.4 Å². The molecule has 0 aromatic heterocycles. The number of aliphatic carboxylic acids is 1. The monoisotopic (exact) mass is 278 g/mol. The number of anilines is 1. The van der Waals surface area contributed by atoms with Crippen LogP contribution in [0.15, 0.2) is 30.9 Å². The Bertz CT molecular complexity index is 510. The highest BCUT2D eigenvalue weighted by atomic mass is 16.5. The van der Waals surface area contributed by atoms with Crippen LogP contribution in [0.2, 0.25) is 0 Å². The molecule has 0 saturated heterocycles. The number of nitrogens with one attached hydrogen (secondary N) is 1. The van der Waals surface area contributed by atoms with Crippen LogP contribution in [0, 0.1) is 0 Å². The highest BCUT2D eigenvalue weighted by molar-refractivity contribution is 5.87. The van der Waals surface area contributed by atoms with Gasteiger partial charge in [-0.15, -0.1) is 0 Å². The summed E-state index contributed by atoms with van der Waals surface area (Å²) < 4.78 is 4.76. The molecule has 0 radical (unpaired) electrons. The van der Waals surface area contributed by atoms with Crippen molar-refractivity contribution in [3.8, 4) is 0 Å². The maximum absolute atomic E-state index is 11.5. The summed E-state index contributed by atoms with van der Waals surface area (Å²) in [6, 6.07) is 4.60. The average molecular weight is 278 g/mol. The quantitative estimate of drug-likeness (QED) is 0.749. The van der Waals surface area contributed by atoms with Gasteiger partial charge in [-0.2, -0.15) is 0 Å². The molecular formula is C14H16NO5-. The second-order valence-electron chi connectivity index (χ2n) is 4.15. The zero-order valence-electron chi connectivity index (χ0n) is 11.1. The molecule has 6 nitrogen and oxygen atoms in total. The van der Waals surface area contributed by atoms with Crippen LogP contribution in [-0.4, -0.2) is 23.8 Å². The van der Waals surface area contributed by atoms with Crippen molar-refractivity contribution in [2.75, 3.05) is 11.9 Å². The van der Waals surface area contributed by atoms with Crippen LogP contribution < -0.4 is 10.4 Å². The zero-order valence-corrected chi connectivity index (χ0v) is 11.1. The van der Waals surface area contributed by atoms with E-state index >= 15 is 0 Å². The fourth-order valence-electron chi connectivity index (χ4n) is 1.56. The number of amides is 1. The van der Waals surface area contributed by atoms with Gasteiger partial charge in [0.05, 0.1) is 6.10 Å².